The number of hydrogen-bond acceptors (Lipinski definition) is 3. The Morgan fingerprint density at radius 1 is 1.20 bits per heavy atom. The van der Waals surface area contributed by atoms with Crippen molar-refractivity contribution in [3.05, 3.63) is 22.8 Å². The van der Waals surface area contributed by atoms with Gasteiger partial charge in [0, 0.05) is 31.2 Å². The number of anilines is 1. The first-order valence-electron chi connectivity index (χ1n) is 8.62. The van der Waals surface area contributed by atoms with Crippen LogP contribution in [0.15, 0.2) is 12.3 Å². The Labute approximate surface area is 149 Å². The Hall–Kier alpha value is -1.50. The Balaban J connectivity index is 1.57. The molecule has 0 radical (unpaired) electrons. The summed E-state index contributed by atoms with van der Waals surface area (Å²) in [6, 6.07) is 1.21. The zero-order valence-electron chi connectivity index (χ0n) is 13.8. The Morgan fingerprint density at radius 2 is 1.84 bits per heavy atom. The van der Waals surface area contributed by atoms with Crippen molar-refractivity contribution in [3.63, 3.8) is 0 Å². The average Bonchev–Trinajstić information content (AvgIpc) is 3.07. The second kappa shape index (κ2) is 7.40. The first-order chi connectivity index (χ1) is 11.8. The highest BCUT2D eigenvalue weighted by molar-refractivity contribution is 6.33. The molecular formula is C17H21ClF3N3O. The predicted octanol–water partition coefficient (Wildman–Crippen LogP) is 4.03. The summed E-state index contributed by atoms with van der Waals surface area (Å²) in [5.41, 5.74) is -0.855. The summed E-state index contributed by atoms with van der Waals surface area (Å²) in [6.07, 6.45) is 2.09. The number of piperidine rings is 1. The molecule has 138 valence electrons. The maximum absolute atomic E-state index is 12.7. The van der Waals surface area contributed by atoms with Gasteiger partial charge in [-0.2, -0.15) is 13.2 Å². The summed E-state index contributed by atoms with van der Waals surface area (Å²) < 4.78 is 38.1. The van der Waals surface area contributed by atoms with Crippen LogP contribution >= 0.6 is 11.6 Å². The number of amides is 1. The van der Waals surface area contributed by atoms with E-state index in [1.165, 1.54) is 12.8 Å². The minimum absolute atomic E-state index is 0.0105. The molecule has 0 unspecified atom stereocenters. The van der Waals surface area contributed by atoms with Crippen LogP contribution in [0.2, 0.25) is 5.02 Å². The molecule has 1 saturated heterocycles. The minimum atomic E-state index is -4.46. The van der Waals surface area contributed by atoms with E-state index < -0.39 is 11.7 Å². The number of halogens is 4. The smallest absolute Gasteiger partial charge is 0.355 e. The number of pyridine rings is 1. The molecule has 1 N–H and O–H groups in total. The fourth-order valence-corrected chi connectivity index (χ4v) is 3.85. The molecule has 1 aliphatic carbocycles. The minimum Gasteiger partial charge on any atom is -0.355 e. The van der Waals surface area contributed by atoms with E-state index in [1.807, 2.05) is 4.90 Å². The molecule has 2 fully saturated rings. The van der Waals surface area contributed by atoms with Gasteiger partial charge in [-0.15, -0.1) is 0 Å². The first-order valence-corrected chi connectivity index (χ1v) is 9.00. The van der Waals surface area contributed by atoms with Crippen molar-refractivity contribution < 1.29 is 18.0 Å². The Morgan fingerprint density at radius 3 is 2.40 bits per heavy atom. The second-order valence-electron chi connectivity index (χ2n) is 6.78. The zero-order valence-corrected chi connectivity index (χ0v) is 14.5. The van der Waals surface area contributed by atoms with Crippen LogP contribution in [0.5, 0.6) is 0 Å². The number of nitrogens with one attached hydrogen (secondary N) is 1. The van der Waals surface area contributed by atoms with Crippen LogP contribution in [0, 0.1) is 5.92 Å². The number of nitrogens with zero attached hydrogens (tertiary/aromatic N) is 2. The van der Waals surface area contributed by atoms with Gasteiger partial charge in [-0.25, -0.2) is 4.98 Å². The van der Waals surface area contributed by atoms with Gasteiger partial charge in [-0.05, 0) is 31.7 Å². The lowest BCUT2D eigenvalue weighted by Crippen LogP contribution is -2.43. The largest absolute Gasteiger partial charge is 0.417 e. The van der Waals surface area contributed by atoms with E-state index in [9.17, 15) is 18.0 Å². The summed E-state index contributed by atoms with van der Waals surface area (Å²) in [4.78, 5) is 18.1. The molecule has 1 aromatic rings. The first kappa shape index (κ1) is 18.3. The topological polar surface area (TPSA) is 45.2 Å². The molecule has 0 bridgehead atoms. The number of hydrogen-bond donors (Lipinski definition) is 1. The lowest BCUT2D eigenvalue weighted by Gasteiger charge is -2.33. The van der Waals surface area contributed by atoms with Crippen LogP contribution in [0.3, 0.4) is 0 Å². The van der Waals surface area contributed by atoms with E-state index in [0.29, 0.717) is 37.8 Å². The molecule has 25 heavy (non-hydrogen) atoms. The van der Waals surface area contributed by atoms with Crippen LogP contribution in [0.25, 0.3) is 0 Å². The summed E-state index contributed by atoms with van der Waals surface area (Å²) in [7, 11) is 0. The van der Waals surface area contributed by atoms with Gasteiger partial charge in [0.2, 0.25) is 5.91 Å². The van der Waals surface area contributed by atoms with E-state index in [0.717, 1.165) is 25.1 Å². The lowest BCUT2D eigenvalue weighted by molar-refractivity contribution is -0.137. The highest BCUT2D eigenvalue weighted by atomic mass is 35.5. The normalized spacial score (nSPS) is 20.1. The van der Waals surface area contributed by atoms with Crippen molar-refractivity contribution in [1.29, 1.82) is 0 Å². The highest BCUT2D eigenvalue weighted by Crippen LogP contribution is 2.34. The van der Waals surface area contributed by atoms with E-state index in [4.69, 9.17) is 11.6 Å². The second-order valence-corrected chi connectivity index (χ2v) is 7.19. The molecule has 4 nitrogen and oxygen atoms in total. The summed E-state index contributed by atoms with van der Waals surface area (Å²) in [5.74, 6) is 0.396. The van der Waals surface area contributed by atoms with Crippen LogP contribution in [-0.4, -0.2) is 30.0 Å². The quantitative estimate of drug-likeness (QED) is 0.867. The fraction of sp³-hybridized carbons (Fsp3) is 0.647. The molecule has 1 aromatic heterocycles. The lowest BCUT2D eigenvalue weighted by atomic mass is 9.95. The molecule has 8 heteroatoms. The third-order valence-corrected chi connectivity index (χ3v) is 5.29. The van der Waals surface area contributed by atoms with E-state index in [1.54, 1.807) is 0 Å². The van der Waals surface area contributed by atoms with Crippen LogP contribution in [-0.2, 0) is 11.0 Å². The number of aromatic nitrogens is 1. The summed E-state index contributed by atoms with van der Waals surface area (Å²) in [6.45, 7) is 1.11. The van der Waals surface area contributed by atoms with E-state index in [-0.39, 0.29) is 16.8 Å². The summed E-state index contributed by atoms with van der Waals surface area (Å²) >= 11 is 6.00. The van der Waals surface area contributed by atoms with Crippen molar-refractivity contribution in [2.75, 3.05) is 18.0 Å². The monoisotopic (exact) mass is 375 g/mol. The van der Waals surface area contributed by atoms with Gasteiger partial charge in [-0.1, -0.05) is 24.4 Å². The predicted molar refractivity (Wildman–Crippen MR) is 89.6 cm³/mol. The third kappa shape index (κ3) is 4.37. The molecular weight excluding hydrogens is 355 g/mol. The molecule has 2 aliphatic rings. The molecule has 0 atom stereocenters. The zero-order chi connectivity index (χ0) is 18.0. The van der Waals surface area contributed by atoms with Gasteiger partial charge >= 0.3 is 6.18 Å². The van der Waals surface area contributed by atoms with Crippen molar-refractivity contribution in [2.24, 2.45) is 5.92 Å². The number of alkyl halides is 3. The standard InChI is InChI=1S/C17H21ClF3N3O/c18-14-9-12(17(19,20)21)10-22-15(14)24-7-5-11(6-8-24)16(25)23-13-3-1-2-4-13/h9-11,13H,1-8H2,(H,23,25). The summed E-state index contributed by atoms with van der Waals surface area (Å²) in [5, 5.41) is 3.10. The van der Waals surface area contributed by atoms with Gasteiger partial charge < -0.3 is 10.2 Å². The van der Waals surface area contributed by atoms with Gasteiger partial charge in [-0.3, -0.25) is 4.79 Å². The fourth-order valence-electron chi connectivity index (χ4n) is 3.56. The molecule has 0 aromatic carbocycles. The van der Waals surface area contributed by atoms with Crippen LogP contribution in [0.4, 0.5) is 19.0 Å². The molecule has 1 amide bonds. The average molecular weight is 376 g/mol. The van der Waals surface area contributed by atoms with Crippen molar-refractivity contribution in [3.8, 4) is 0 Å². The SMILES string of the molecule is O=C(NC1CCCC1)C1CCN(c2ncc(C(F)(F)F)cc2Cl)CC1. The van der Waals surface area contributed by atoms with Crippen molar-refractivity contribution in [2.45, 2.75) is 50.7 Å². The van der Waals surface area contributed by atoms with Crippen LogP contribution in [0.1, 0.15) is 44.1 Å². The highest BCUT2D eigenvalue weighted by Gasteiger charge is 2.33. The molecule has 3 rings (SSSR count). The Kier molecular flexibility index (Phi) is 5.41. The van der Waals surface area contributed by atoms with Crippen molar-refractivity contribution in [1.82, 2.24) is 10.3 Å². The van der Waals surface area contributed by atoms with Gasteiger partial charge in [0.15, 0.2) is 0 Å². The van der Waals surface area contributed by atoms with Crippen LogP contribution < -0.4 is 10.2 Å². The Bertz CT molecular complexity index is 624. The van der Waals surface area contributed by atoms with Crippen molar-refractivity contribution >= 4 is 23.3 Å². The maximum Gasteiger partial charge on any atom is 0.417 e. The third-order valence-electron chi connectivity index (χ3n) is 5.02. The molecule has 0 spiro atoms. The van der Waals surface area contributed by atoms with E-state index >= 15 is 0 Å². The number of carbonyl (C=O) groups excluding carboxylic acids is 1. The molecule has 2 heterocycles. The van der Waals surface area contributed by atoms with E-state index in [2.05, 4.69) is 10.3 Å². The molecule has 1 saturated carbocycles. The van der Waals surface area contributed by atoms with Gasteiger partial charge in [0.25, 0.3) is 0 Å². The number of rotatable bonds is 3. The van der Waals surface area contributed by atoms with Gasteiger partial charge in [0.1, 0.15) is 5.82 Å². The number of carbonyl (C=O) groups is 1. The maximum atomic E-state index is 12.7. The molecule has 1 aliphatic heterocycles. The van der Waals surface area contributed by atoms with Gasteiger partial charge in [0.05, 0.1) is 10.6 Å².